The van der Waals surface area contributed by atoms with E-state index in [1.807, 2.05) is 5.48 Å². The Kier molecular flexibility index (Phi) is 6.43. The predicted molar refractivity (Wildman–Crippen MR) is 64.1 cm³/mol. The third kappa shape index (κ3) is 5.45. The zero-order valence-corrected chi connectivity index (χ0v) is 10.4. The van der Waals surface area contributed by atoms with E-state index in [4.69, 9.17) is 10.3 Å². The second-order valence-corrected chi connectivity index (χ2v) is 4.66. The standard InChI is InChI=1S/C11H23N3O3/c1-13-6-8-14(9-7-13)5-3-2-4-10(12-17)11(15)16/h10,12,17H,2-9H2,1H3,(H,15,16)/t10-/m0/s1. The summed E-state index contributed by atoms with van der Waals surface area (Å²) in [7, 11) is 2.13. The van der Waals surface area contributed by atoms with Crippen molar-refractivity contribution in [2.45, 2.75) is 25.3 Å². The van der Waals surface area contributed by atoms with E-state index in [9.17, 15) is 4.79 Å². The third-order valence-corrected chi connectivity index (χ3v) is 3.27. The highest BCUT2D eigenvalue weighted by molar-refractivity contribution is 5.73. The molecule has 17 heavy (non-hydrogen) atoms. The van der Waals surface area contributed by atoms with Crippen LogP contribution in [0, 0.1) is 0 Å². The molecule has 1 atom stereocenters. The maximum absolute atomic E-state index is 10.6. The highest BCUT2D eigenvalue weighted by atomic mass is 16.5. The second-order valence-electron chi connectivity index (χ2n) is 4.66. The van der Waals surface area contributed by atoms with E-state index < -0.39 is 12.0 Å². The Balaban J connectivity index is 2.05. The number of carboxylic acids is 1. The van der Waals surface area contributed by atoms with Crippen molar-refractivity contribution in [3.63, 3.8) is 0 Å². The van der Waals surface area contributed by atoms with Crippen molar-refractivity contribution in [3.05, 3.63) is 0 Å². The first-order valence-electron chi connectivity index (χ1n) is 6.17. The topological polar surface area (TPSA) is 76.0 Å². The molecule has 0 spiro atoms. The number of rotatable bonds is 7. The molecule has 1 rings (SSSR count). The highest BCUT2D eigenvalue weighted by Crippen LogP contribution is 2.05. The van der Waals surface area contributed by atoms with Gasteiger partial charge in [-0.25, -0.2) is 0 Å². The maximum Gasteiger partial charge on any atom is 0.323 e. The molecule has 1 heterocycles. The lowest BCUT2D eigenvalue weighted by Crippen LogP contribution is -2.44. The summed E-state index contributed by atoms with van der Waals surface area (Å²) in [5.41, 5.74) is 1.83. The van der Waals surface area contributed by atoms with Crippen LogP contribution in [0.3, 0.4) is 0 Å². The molecule has 0 aromatic heterocycles. The second kappa shape index (κ2) is 7.60. The monoisotopic (exact) mass is 245 g/mol. The number of hydrogen-bond donors (Lipinski definition) is 3. The van der Waals surface area contributed by atoms with Crippen LogP contribution in [-0.2, 0) is 4.79 Å². The summed E-state index contributed by atoms with van der Waals surface area (Å²) in [5, 5.41) is 17.3. The predicted octanol–water partition coefficient (Wildman–Crippen LogP) is -0.164. The zero-order chi connectivity index (χ0) is 12.7. The van der Waals surface area contributed by atoms with Gasteiger partial charge in [-0.3, -0.25) is 4.79 Å². The molecule has 100 valence electrons. The number of carboxylic acid groups (broad SMARTS) is 1. The molecule has 0 saturated carbocycles. The molecule has 0 unspecified atom stereocenters. The Labute approximate surface area is 102 Å². The van der Waals surface area contributed by atoms with Crippen LogP contribution in [-0.4, -0.2) is 71.9 Å². The van der Waals surface area contributed by atoms with Gasteiger partial charge in [0.15, 0.2) is 0 Å². The van der Waals surface area contributed by atoms with Gasteiger partial charge in [-0.1, -0.05) is 0 Å². The number of carbonyl (C=O) groups is 1. The normalized spacial score (nSPS) is 20.4. The van der Waals surface area contributed by atoms with Crippen LogP contribution in [0.25, 0.3) is 0 Å². The lowest BCUT2D eigenvalue weighted by molar-refractivity contribution is -0.142. The number of nitrogens with zero attached hydrogens (tertiary/aromatic N) is 2. The van der Waals surface area contributed by atoms with Gasteiger partial charge >= 0.3 is 5.97 Å². The van der Waals surface area contributed by atoms with Crippen LogP contribution in [0.2, 0.25) is 0 Å². The molecule has 1 fully saturated rings. The van der Waals surface area contributed by atoms with Crippen molar-refractivity contribution >= 4 is 5.97 Å². The van der Waals surface area contributed by atoms with Gasteiger partial charge < -0.3 is 20.1 Å². The van der Waals surface area contributed by atoms with Crippen molar-refractivity contribution in [1.29, 1.82) is 0 Å². The van der Waals surface area contributed by atoms with Crippen molar-refractivity contribution in [2.24, 2.45) is 0 Å². The molecule has 0 aliphatic carbocycles. The zero-order valence-electron chi connectivity index (χ0n) is 10.4. The van der Waals surface area contributed by atoms with Gasteiger partial charge in [-0.05, 0) is 32.9 Å². The number of aliphatic carboxylic acids is 1. The Hall–Kier alpha value is -0.690. The van der Waals surface area contributed by atoms with Crippen LogP contribution < -0.4 is 5.48 Å². The first-order valence-corrected chi connectivity index (χ1v) is 6.17. The van der Waals surface area contributed by atoms with Crippen molar-refractivity contribution < 1.29 is 15.1 Å². The third-order valence-electron chi connectivity index (χ3n) is 3.27. The van der Waals surface area contributed by atoms with Gasteiger partial charge in [0.05, 0.1) is 0 Å². The largest absolute Gasteiger partial charge is 0.480 e. The molecular formula is C11H23N3O3. The van der Waals surface area contributed by atoms with Gasteiger partial charge in [-0.2, -0.15) is 5.48 Å². The van der Waals surface area contributed by atoms with Gasteiger partial charge in [0.2, 0.25) is 0 Å². The van der Waals surface area contributed by atoms with E-state index in [2.05, 4.69) is 16.8 Å². The van der Waals surface area contributed by atoms with E-state index in [0.717, 1.165) is 45.6 Å². The molecule has 1 aliphatic heterocycles. The minimum Gasteiger partial charge on any atom is -0.480 e. The molecule has 0 radical (unpaired) electrons. The molecule has 1 saturated heterocycles. The molecule has 0 bridgehead atoms. The van der Waals surface area contributed by atoms with Crippen LogP contribution in [0.4, 0.5) is 0 Å². The van der Waals surface area contributed by atoms with Gasteiger partial charge in [0, 0.05) is 26.2 Å². The fraction of sp³-hybridized carbons (Fsp3) is 0.909. The highest BCUT2D eigenvalue weighted by Gasteiger charge is 2.16. The van der Waals surface area contributed by atoms with Gasteiger partial charge in [0.1, 0.15) is 6.04 Å². The number of hydroxylamine groups is 1. The lowest BCUT2D eigenvalue weighted by Gasteiger charge is -2.32. The maximum atomic E-state index is 10.6. The summed E-state index contributed by atoms with van der Waals surface area (Å²) in [5.74, 6) is -0.993. The average Bonchev–Trinajstić information content (AvgIpc) is 2.31. The fourth-order valence-electron chi connectivity index (χ4n) is 2.00. The molecular weight excluding hydrogens is 222 g/mol. The van der Waals surface area contributed by atoms with Crippen LogP contribution in [0.5, 0.6) is 0 Å². The Bertz CT molecular complexity index is 230. The molecule has 6 nitrogen and oxygen atoms in total. The van der Waals surface area contributed by atoms with Crippen molar-refractivity contribution in [2.75, 3.05) is 39.8 Å². The quantitative estimate of drug-likeness (QED) is 0.427. The molecule has 3 N–H and O–H groups in total. The first kappa shape index (κ1) is 14.4. The van der Waals surface area contributed by atoms with E-state index >= 15 is 0 Å². The minimum absolute atomic E-state index is 0.472. The summed E-state index contributed by atoms with van der Waals surface area (Å²) in [6.07, 6.45) is 2.27. The number of unbranched alkanes of at least 4 members (excludes halogenated alkanes) is 1. The molecule has 0 amide bonds. The Morgan fingerprint density at radius 1 is 1.29 bits per heavy atom. The summed E-state index contributed by atoms with van der Waals surface area (Å²) < 4.78 is 0. The van der Waals surface area contributed by atoms with E-state index in [0.29, 0.717) is 6.42 Å². The van der Waals surface area contributed by atoms with Crippen LogP contribution in [0.15, 0.2) is 0 Å². The van der Waals surface area contributed by atoms with Crippen LogP contribution in [0.1, 0.15) is 19.3 Å². The van der Waals surface area contributed by atoms with Gasteiger partial charge in [-0.15, -0.1) is 0 Å². The van der Waals surface area contributed by atoms with Gasteiger partial charge in [0.25, 0.3) is 0 Å². The summed E-state index contributed by atoms with van der Waals surface area (Å²) in [4.78, 5) is 15.3. The molecule has 0 aromatic rings. The SMILES string of the molecule is CN1CCN(CCCC[C@H](NO)C(=O)O)CC1. The fourth-order valence-corrected chi connectivity index (χ4v) is 2.00. The summed E-state index contributed by atoms with van der Waals surface area (Å²) in [6.45, 7) is 5.42. The molecule has 1 aliphatic rings. The van der Waals surface area contributed by atoms with Crippen molar-refractivity contribution in [1.82, 2.24) is 15.3 Å². The molecule has 6 heteroatoms. The summed E-state index contributed by atoms with van der Waals surface area (Å²) >= 11 is 0. The van der Waals surface area contributed by atoms with Crippen molar-refractivity contribution in [3.8, 4) is 0 Å². The van der Waals surface area contributed by atoms with E-state index in [1.54, 1.807) is 0 Å². The lowest BCUT2D eigenvalue weighted by atomic mass is 10.1. The average molecular weight is 245 g/mol. The van der Waals surface area contributed by atoms with E-state index in [1.165, 1.54) is 0 Å². The minimum atomic E-state index is -0.993. The summed E-state index contributed by atoms with van der Waals surface area (Å²) in [6, 6.07) is -0.831. The first-order chi connectivity index (χ1) is 8.13. The number of nitrogens with one attached hydrogen (secondary N) is 1. The number of likely N-dealkylation sites (N-methyl/N-ethyl adjacent to an activating group) is 1. The van der Waals surface area contributed by atoms with E-state index in [-0.39, 0.29) is 0 Å². The molecule has 0 aromatic carbocycles. The van der Waals surface area contributed by atoms with Crippen LogP contribution >= 0.6 is 0 Å². The Morgan fingerprint density at radius 2 is 1.94 bits per heavy atom. The number of piperazine rings is 1. The number of hydrogen-bond acceptors (Lipinski definition) is 5. The smallest absolute Gasteiger partial charge is 0.323 e. The Morgan fingerprint density at radius 3 is 2.47 bits per heavy atom.